The first-order valence-corrected chi connectivity index (χ1v) is 7.05. The van der Waals surface area contributed by atoms with Gasteiger partial charge in [-0.2, -0.15) is 0 Å². The van der Waals surface area contributed by atoms with Crippen molar-refractivity contribution in [3.05, 3.63) is 58.9 Å². The van der Waals surface area contributed by atoms with E-state index in [1.807, 2.05) is 0 Å². The number of benzene rings is 1. The summed E-state index contributed by atoms with van der Waals surface area (Å²) >= 11 is 0. The summed E-state index contributed by atoms with van der Waals surface area (Å²) in [4.78, 5) is 16.9. The molecule has 2 heterocycles. The van der Waals surface area contributed by atoms with Crippen LogP contribution in [0, 0.1) is 18.6 Å². The molecule has 1 fully saturated rings. The van der Waals surface area contributed by atoms with Crippen LogP contribution >= 0.6 is 0 Å². The molecule has 116 valence electrons. The van der Waals surface area contributed by atoms with Crippen LogP contribution in [0.15, 0.2) is 30.5 Å². The number of carbonyl (C=O) groups is 1. The smallest absolute Gasteiger partial charge is 0.271 e. The second kappa shape index (κ2) is 5.53. The Morgan fingerprint density at radius 1 is 1.36 bits per heavy atom. The van der Waals surface area contributed by atoms with Crippen LogP contribution in [0.4, 0.5) is 8.78 Å². The molecule has 0 radical (unpaired) electrons. The Balaban J connectivity index is 1.98. The number of aliphatic hydroxyl groups is 1. The second-order valence-electron chi connectivity index (χ2n) is 5.56. The van der Waals surface area contributed by atoms with Gasteiger partial charge in [0.05, 0.1) is 12.1 Å². The maximum Gasteiger partial charge on any atom is 0.271 e. The largest absolute Gasteiger partial charge is 0.391 e. The highest BCUT2D eigenvalue weighted by Crippen LogP contribution is 2.35. The van der Waals surface area contributed by atoms with Gasteiger partial charge in [-0.05, 0) is 43.2 Å². The number of nitrogens with zero attached hydrogens (tertiary/aromatic N) is 1. The van der Waals surface area contributed by atoms with Gasteiger partial charge in [0.1, 0.15) is 17.3 Å². The predicted molar refractivity (Wildman–Crippen MR) is 76.3 cm³/mol. The summed E-state index contributed by atoms with van der Waals surface area (Å²) in [5, 5.41) is 9.89. The summed E-state index contributed by atoms with van der Waals surface area (Å²) in [6.45, 7) is 1.88. The van der Waals surface area contributed by atoms with E-state index < -0.39 is 23.8 Å². The van der Waals surface area contributed by atoms with Crippen molar-refractivity contribution in [1.29, 1.82) is 0 Å². The van der Waals surface area contributed by atoms with Crippen LogP contribution in [-0.4, -0.2) is 33.5 Å². The molecular formula is C16H16F2N2O2. The van der Waals surface area contributed by atoms with Crippen LogP contribution in [-0.2, 0) is 0 Å². The number of amides is 1. The summed E-state index contributed by atoms with van der Waals surface area (Å²) in [5.74, 6) is -1.48. The van der Waals surface area contributed by atoms with E-state index in [9.17, 15) is 18.7 Å². The number of β-amino-alcohol motifs (C(OH)–C–C–N with tert-alkyl or cyclic N) is 1. The van der Waals surface area contributed by atoms with Crippen LogP contribution in [0.5, 0.6) is 0 Å². The lowest BCUT2D eigenvalue weighted by atomic mass is 10.0. The molecule has 0 spiro atoms. The minimum absolute atomic E-state index is 0.0918. The summed E-state index contributed by atoms with van der Waals surface area (Å²) in [6, 6.07) is 4.24. The van der Waals surface area contributed by atoms with E-state index in [-0.39, 0.29) is 24.4 Å². The number of rotatable bonds is 2. The van der Waals surface area contributed by atoms with Crippen LogP contribution in [0.1, 0.15) is 34.1 Å². The van der Waals surface area contributed by atoms with Gasteiger partial charge in [-0.3, -0.25) is 4.79 Å². The van der Waals surface area contributed by atoms with Crippen molar-refractivity contribution in [1.82, 2.24) is 9.88 Å². The first-order chi connectivity index (χ1) is 10.5. The molecule has 1 saturated heterocycles. The third-order valence-electron chi connectivity index (χ3n) is 4.03. The van der Waals surface area contributed by atoms with Gasteiger partial charge in [-0.25, -0.2) is 8.78 Å². The lowest BCUT2D eigenvalue weighted by molar-refractivity contribution is 0.0707. The van der Waals surface area contributed by atoms with E-state index in [1.165, 1.54) is 4.90 Å². The van der Waals surface area contributed by atoms with Gasteiger partial charge in [0.15, 0.2) is 0 Å². The van der Waals surface area contributed by atoms with Crippen LogP contribution in [0.3, 0.4) is 0 Å². The summed E-state index contributed by atoms with van der Waals surface area (Å²) in [6.07, 6.45) is 1.07. The number of aliphatic hydroxyl groups excluding tert-OH is 1. The molecular weight excluding hydrogens is 290 g/mol. The Morgan fingerprint density at radius 3 is 2.82 bits per heavy atom. The van der Waals surface area contributed by atoms with E-state index in [0.29, 0.717) is 5.69 Å². The molecule has 2 N–H and O–H groups in total. The maximum absolute atomic E-state index is 14.0. The zero-order valence-electron chi connectivity index (χ0n) is 12.0. The highest BCUT2D eigenvalue weighted by atomic mass is 19.1. The van der Waals surface area contributed by atoms with Gasteiger partial charge in [-0.1, -0.05) is 0 Å². The van der Waals surface area contributed by atoms with Crippen molar-refractivity contribution in [2.24, 2.45) is 0 Å². The molecule has 1 aliphatic heterocycles. The fourth-order valence-electron chi connectivity index (χ4n) is 2.92. The fourth-order valence-corrected chi connectivity index (χ4v) is 2.92. The number of aryl methyl sites for hydroxylation is 1. The monoisotopic (exact) mass is 306 g/mol. The molecule has 6 heteroatoms. The number of aromatic nitrogens is 1. The average molecular weight is 306 g/mol. The quantitative estimate of drug-likeness (QED) is 0.896. The number of H-pyrrole nitrogens is 1. The first-order valence-electron chi connectivity index (χ1n) is 7.05. The lowest BCUT2D eigenvalue weighted by Gasteiger charge is -2.25. The normalized spacial score (nSPS) is 21.4. The Kier molecular flexibility index (Phi) is 3.70. The number of likely N-dealkylation sites (tertiary alicyclic amines) is 1. The van der Waals surface area contributed by atoms with E-state index in [4.69, 9.17) is 0 Å². The van der Waals surface area contributed by atoms with Crippen molar-refractivity contribution in [3.63, 3.8) is 0 Å². The van der Waals surface area contributed by atoms with Gasteiger partial charge in [0.2, 0.25) is 0 Å². The van der Waals surface area contributed by atoms with Crippen LogP contribution in [0.25, 0.3) is 0 Å². The number of aromatic amines is 1. The number of hydrogen-bond acceptors (Lipinski definition) is 2. The highest BCUT2D eigenvalue weighted by Gasteiger charge is 2.37. The number of hydrogen-bond donors (Lipinski definition) is 2. The zero-order valence-corrected chi connectivity index (χ0v) is 12.0. The van der Waals surface area contributed by atoms with E-state index in [1.54, 1.807) is 19.2 Å². The van der Waals surface area contributed by atoms with Crippen molar-refractivity contribution >= 4 is 5.91 Å². The molecule has 1 aromatic heterocycles. The molecule has 1 amide bonds. The zero-order chi connectivity index (χ0) is 15.9. The standard InChI is InChI=1S/C16H16F2N2O2/c1-9-4-5-19-15(9)16(22)20-8-11(21)7-14(20)12-6-10(17)2-3-13(12)18/h2-6,11,14,19,21H,7-8H2,1H3. The molecule has 2 unspecified atom stereocenters. The van der Waals surface area contributed by atoms with Gasteiger partial charge in [0.25, 0.3) is 5.91 Å². The van der Waals surface area contributed by atoms with E-state index >= 15 is 0 Å². The van der Waals surface area contributed by atoms with E-state index in [0.717, 1.165) is 23.8 Å². The number of nitrogens with one attached hydrogen (secondary N) is 1. The van der Waals surface area contributed by atoms with Gasteiger partial charge >= 0.3 is 0 Å². The Morgan fingerprint density at radius 2 is 2.14 bits per heavy atom. The van der Waals surface area contributed by atoms with Gasteiger partial charge < -0.3 is 15.0 Å². The molecule has 2 aromatic rings. The summed E-state index contributed by atoms with van der Waals surface area (Å²) in [5.41, 5.74) is 1.26. The predicted octanol–water partition coefficient (Wildman–Crippen LogP) is 2.55. The average Bonchev–Trinajstić information content (AvgIpc) is 3.07. The van der Waals surface area contributed by atoms with Crippen molar-refractivity contribution in [3.8, 4) is 0 Å². The summed E-state index contributed by atoms with van der Waals surface area (Å²) < 4.78 is 27.4. The molecule has 3 rings (SSSR count). The molecule has 1 aliphatic rings. The highest BCUT2D eigenvalue weighted by molar-refractivity contribution is 5.94. The molecule has 22 heavy (non-hydrogen) atoms. The Labute approximate surface area is 126 Å². The summed E-state index contributed by atoms with van der Waals surface area (Å²) in [7, 11) is 0. The topological polar surface area (TPSA) is 56.3 Å². The first kappa shape index (κ1) is 14.7. The third kappa shape index (κ3) is 2.50. The van der Waals surface area contributed by atoms with Crippen molar-refractivity contribution in [2.75, 3.05) is 6.54 Å². The Hall–Kier alpha value is -2.21. The van der Waals surface area contributed by atoms with Crippen molar-refractivity contribution < 1.29 is 18.7 Å². The fraction of sp³-hybridized carbons (Fsp3) is 0.312. The minimum atomic E-state index is -0.758. The third-order valence-corrected chi connectivity index (χ3v) is 4.03. The Bertz CT molecular complexity index is 714. The van der Waals surface area contributed by atoms with Crippen LogP contribution in [0.2, 0.25) is 0 Å². The molecule has 1 aromatic carbocycles. The molecule has 4 nitrogen and oxygen atoms in total. The lowest BCUT2D eigenvalue weighted by Crippen LogP contribution is -2.32. The van der Waals surface area contributed by atoms with Crippen LogP contribution < -0.4 is 0 Å². The molecule has 0 aliphatic carbocycles. The van der Waals surface area contributed by atoms with Gasteiger partial charge in [0, 0.05) is 18.3 Å². The molecule has 0 bridgehead atoms. The SMILES string of the molecule is Cc1cc[nH]c1C(=O)N1CC(O)CC1c1cc(F)ccc1F. The number of carbonyl (C=O) groups excluding carboxylic acids is 1. The molecule has 2 atom stereocenters. The second-order valence-corrected chi connectivity index (χ2v) is 5.56. The molecule has 0 saturated carbocycles. The van der Waals surface area contributed by atoms with E-state index in [2.05, 4.69) is 4.98 Å². The van der Waals surface area contributed by atoms with Crippen molar-refractivity contribution in [2.45, 2.75) is 25.5 Å². The van der Waals surface area contributed by atoms with Gasteiger partial charge in [-0.15, -0.1) is 0 Å². The maximum atomic E-state index is 14.0. The number of halogens is 2. The minimum Gasteiger partial charge on any atom is -0.391 e.